The summed E-state index contributed by atoms with van der Waals surface area (Å²) < 4.78 is 28.2. The highest BCUT2D eigenvalue weighted by atomic mass is 35.5. The summed E-state index contributed by atoms with van der Waals surface area (Å²) >= 11 is 12.2. The van der Waals surface area contributed by atoms with E-state index in [0.29, 0.717) is 21.6 Å². The normalized spacial score (nSPS) is 16.8. The zero-order valence-electron chi connectivity index (χ0n) is 25.4. The summed E-state index contributed by atoms with van der Waals surface area (Å²) in [6.45, 7) is 4.02. The van der Waals surface area contributed by atoms with Crippen LogP contribution in [0.2, 0.25) is 10.2 Å². The van der Waals surface area contributed by atoms with Crippen LogP contribution in [0.15, 0.2) is 78.9 Å². The lowest BCUT2D eigenvalue weighted by atomic mass is 10.0. The first-order chi connectivity index (χ1) is 23.0. The summed E-state index contributed by atoms with van der Waals surface area (Å²) in [4.78, 5) is 12.2. The molecule has 3 aromatic heterocycles. The van der Waals surface area contributed by atoms with Gasteiger partial charge in [0.2, 0.25) is 5.88 Å². The van der Waals surface area contributed by atoms with Gasteiger partial charge in [-0.05, 0) is 72.0 Å². The van der Waals surface area contributed by atoms with Crippen molar-refractivity contribution in [3.63, 3.8) is 0 Å². The van der Waals surface area contributed by atoms with Crippen LogP contribution in [0.3, 0.4) is 0 Å². The van der Waals surface area contributed by atoms with Crippen LogP contribution in [0, 0.1) is 5.82 Å². The number of nitrogens with zero attached hydrogens (tertiary/aromatic N) is 5. The van der Waals surface area contributed by atoms with Gasteiger partial charge in [-0.15, -0.1) is 0 Å². The minimum absolute atomic E-state index is 0.0780. The van der Waals surface area contributed by atoms with Crippen LogP contribution in [-0.2, 0) is 24.4 Å². The van der Waals surface area contributed by atoms with E-state index in [0.717, 1.165) is 90.2 Å². The van der Waals surface area contributed by atoms with E-state index in [2.05, 4.69) is 56.1 Å². The van der Waals surface area contributed by atoms with Crippen LogP contribution in [0.4, 0.5) is 4.39 Å². The Morgan fingerprint density at radius 3 is 2.62 bits per heavy atom. The highest BCUT2D eigenvalue weighted by molar-refractivity contribution is 6.34. The molecule has 0 amide bonds. The number of pyridine rings is 1. The number of H-pyrrole nitrogens is 1. The van der Waals surface area contributed by atoms with Crippen LogP contribution in [0.5, 0.6) is 5.88 Å². The van der Waals surface area contributed by atoms with E-state index < -0.39 is 5.82 Å². The fourth-order valence-electron chi connectivity index (χ4n) is 6.22. The molecule has 0 aliphatic carbocycles. The van der Waals surface area contributed by atoms with Gasteiger partial charge in [0.15, 0.2) is 0 Å². The number of aromatic amines is 1. The third kappa shape index (κ3) is 6.24. The van der Waals surface area contributed by atoms with Crippen LogP contribution in [-0.4, -0.2) is 55.4 Å². The lowest BCUT2D eigenvalue weighted by Crippen LogP contribution is -2.33. The molecule has 8 nitrogen and oxygen atoms in total. The highest BCUT2D eigenvalue weighted by Crippen LogP contribution is 2.31. The minimum Gasteiger partial charge on any atom is -0.473 e. The van der Waals surface area contributed by atoms with E-state index in [4.69, 9.17) is 42.6 Å². The fourth-order valence-corrected chi connectivity index (χ4v) is 6.57. The molecule has 1 unspecified atom stereocenters. The Labute approximate surface area is 280 Å². The molecule has 238 valence electrons. The zero-order valence-corrected chi connectivity index (χ0v) is 26.9. The van der Waals surface area contributed by atoms with Crippen LogP contribution < -0.4 is 4.74 Å². The molecule has 5 heterocycles. The van der Waals surface area contributed by atoms with Crippen LogP contribution >= 0.6 is 23.2 Å². The molecule has 6 aromatic rings. The molecule has 2 aliphatic rings. The maximum Gasteiger partial charge on any atom is 0.214 e. The van der Waals surface area contributed by atoms with Gasteiger partial charge in [0.1, 0.15) is 23.4 Å². The monoisotopic (exact) mass is 668 g/mol. The number of ether oxygens (including phenoxy) is 2. The molecule has 47 heavy (non-hydrogen) atoms. The van der Waals surface area contributed by atoms with Crippen molar-refractivity contribution < 1.29 is 13.9 Å². The largest absolute Gasteiger partial charge is 0.473 e. The van der Waals surface area contributed by atoms with Crippen molar-refractivity contribution in [3.05, 3.63) is 112 Å². The van der Waals surface area contributed by atoms with Gasteiger partial charge in [0, 0.05) is 41.7 Å². The maximum absolute atomic E-state index is 14.2. The molecule has 0 bridgehead atoms. The second-order valence-corrected chi connectivity index (χ2v) is 12.8. The molecule has 3 aromatic carbocycles. The summed E-state index contributed by atoms with van der Waals surface area (Å²) in [5, 5.41) is 8.91. The molecule has 0 saturated carbocycles. The first kappa shape index (κ1) is 30.1. The number of hydrogen-bond donors (Lipinski definition) is 1. The highest BCUT2D eigenvalue weighted by Gasteiger charge is 2.24. The number of nitrogens with one attached hydrogen (secondary N) is 1. The van der Waals surface area contributed by atoms with E-state index >= 15 is 0 Å². The van der Waals surface area contributed by atoms with E-state index in [-0.39, 0.29) is 12.7 Å². The van der Waals surface area contributed by atoms with Crippen molar-refractivity contribution in [2.75, 3.05) is 19.7 Å². The van der Waals surface area contributed by atoms with Gasteiger partial charge in [-0.25, -0.2) is 14.4 Å². The summed E-state index contributed by atoms with van der Waals surface area (Å²) in [7, 11) is 0. The number of imidazole rings is 1. The van der Waals surface area contributed by atoms with E-state index in [1.54, 1.807) is 18.2 Å². The molecule has 1 fully saturated rings. The lowest BCUT2D eigenvalue weighted by molar-refractivity contribution is -0.0591. The number of rotatable bonds is 9. The third-order valence-corrected chi connectivity index (χ3v) is 9.47. The smallest absolute Gasteiger partial charge is 0.214 e. The van der Waals surface area contributed by atoms with E-state index in [1.165, 1.54) is 11.6 Å². The summed E-state index contributed by atoms with van der Waals surface area (Å²) in [6.07, 6.45) is 4.32. The van der Waals surface area contributed by atoms with Crippen molar-refractivity contribution in [2.24, 2.45) is 0 Å². The average Bonchev–Trinajstić information content (AvgIpc) is 3.61. The Morgan fingerprint density at radius 2 is 1.83 bits per heavy atom. The van der Waals surface area contributed by atoms with Crippen molar-refractivity contribution in [1.29, 1.82) is 0 Å². The average molecular weight is 670 g/mol. The Morgan fingerprint density at radius 1 is 0.979 bits per heavy atom. The zero-order chi connectivity index (χ0) is 31.9. The molecule has 2 aliphatic heterocycles. The third-order valence-electron chi connectivity index (χ3n) is 8.95. The van der Waals surface area contributed by atoms with E-state index in [9.17, 15) is 4.39 Å². The van der Waals surface area contributed by atoms with Crippen molar-refractivity contribution >= 4 is 50.7 Å². The Bertz CT molecular complexity index is 2140. The molecule has 0 radical (unpaired) electrons. The topological polar surface area (TPSA) is 81.1 Å². The van der Waals surface area contributed by atoms with Gasteiger partial charge in [0.05, 0.1) is 41.4 Å². The minimum atomic E-state index is -0.393. The maximum atomic E-state index is 14.2. The SMILES string of the molecule is Fc1cc(Cl)ccc1COc1cccc(C2=CCN(Cc3nc4ccc(-c5ccc6n[nH]c(Cl)c6c5)cc4n3CC3CCO3)CC2)n1. The summed E-state index contributed by atoms with van der Waals surface area (Å²) in [5.74, 6) is 1.09. The molecule has 1 N–H and O–H groups in total. The first-order valence-electron chi connectivity index (χ1n) is 15.7. The van der Waals surface area contributed by atoms with Gasteiger partial charge < -0.3 is 14.0 Å². The molecule has 0 spiro atoms. The van der Waals surface area contributed by atoms with Gasteiger partial charge in [-0.1, -0.05) is 53.5 Å². The Kier molecular flexibility index (Phi) is 8.15. The molecule has 1 saturated heterocycles. The lowest BCUT2D eigenvalue weighted by Gasteiger charge is -2.29. The Hall–Kier alpha value is -4.28. The van der Waals surface area contributed by atoms with Crippen molar-refractivity contribution in [1.82, 2.24) is 29.6 Å². The number of halogens is 3. The van der Waals surface area contributed by atoms with Gasteiger partial charge in [-0.3, -0.25) is 10.00 Å². The second-order valence-electron chi connectivity index (χ2n) is 12.0. The van der Waals surface area contributed by atoms with E-state index in [1.807, 2.05) is 18.2 Å². The molecule has 11 heteroatoms. The number of benzene rings is 3. The molecule has 1 atom stereocenters. The van der Waals surface area contributed by atoms with Crippen molar-refractivity contribution in [2.45, 2.75) is 38.6 Å². The van der Waals surface area contributed by atoms with Gasteiger partial charge >= 0.3 is 0 Å². The van der Waals surface area contributed by atoms with Crippen LogP contribution in [0.25, 0.3) is 38.6 Å². The fraction of sp³-hybridized carbons (Fsp3) is 0.250. The molecular weight excluding hydrogens is 638 g/mol. The van der Waals surface area contributed by atoms with Gasteiger partial charge in [0.25, 0.3) is 0 Å². The predicted molar refractivity (Wildman–Crippen MR) is 182 cm³/mol. The second kappa shape index (κ2) is 12.7. The number of fused-ring (bicyclic) bond motifs is 2. The van der Waals surface area contributed by atoms with Crippen LogP contribution in [0.1, 0.15) is 29.9 Å². The van der Waals surface area contributed by atoms with Gasteiger partial charge in [-0.2, -0.15) is 5.10 Å². The van der Waals surface area contributed by atoms with Crippen molar-refractivity contribution in [3.8, 4) is 17.0 Å². The summed E-state index contributed by atoms with van der Waals surface area (Å²) in [6, 6.07) is 22.8. The number of hydrogen-bond acceptors (Lipinski definition) is 6. The molecular formula is C36H31Cl2FN6O2. The Balaban J connectivity index is 0.999. The quantitative estimate of drug-likeness (QED) is 0.168. The predicted octanol–water partition coefficient (Wildman–Crippen LogP) is 8.08. The number of aromatic nitrogens is 5. The standard InChI is InChI=1S/C36H31Cl2FN6O2/c37-26-7-4-25(29(39)18-26)21-47-35-3-1-2-30(41-35)22-10-13-44(14-11-22)20-34-40-32-9-6-24(17-33(32)45(34)19-27-12-15-46-27)23-5-8-31-28(16-23)36(38)43-42-31/h1-10,16-18,27H,11-15,19-21H2,(H,42,43). The summed E-state index contributed by atoms with van der Waals surface area (Å²) in [5.41, 5.74) is 7.55. The molecule has 8 rings (SSSR count). The first-order valence-corrected chi connectivity index (χ1v) is 16.4.